The Labute approximate surface area is 147 Å². The van der Waals surface area contributed by atoms with Gasteiger partial charge in [-0.3, -0.25) is 9.59 Å². The van der Waals surface area contributed by atoms with Gasteiger partial charge in [-0.1, -0.05) is 24.3 Å². The number of benzene rings is 2. The molecule has 1 fully saturated rings. The van der Waals surface area contributed by atoms with Crippen molar-refractivity contribution >= 4 is 23.2 Å². The van der Waals surface area contributed by atoms with E-state index in [0.29, 0.717) is 23.0 Å². The summed E-state index contributed by atoms with van der Waals surface area (Å²) in [5.41, 5.74) is 1.95. The van der Waals surface area contributed by atoms with Crippen LogP contribution in [0.25, 0.3) is 0 Å². The molecule has 3 rings (SSSR count). The maximum Gasteiger partial charge on any atom is 0.255 e. The van der Waals surface area contributed by atoms with E-state index in [1.165, 1.54) is 0 Å². The molecule has 1 saturated heterocycles. The van der Waals surface area contributed by atoms with Gasteiger partial charge in [-0.2, -0.15) is 0 Å². The lowest BCUT2D eigenvalue weighted by Gasteiger charge is -2.27. The number of hydrogen-bond donors (Lipinski definition) is 3. The minimum absolute atomic E-state index is 0.0267. The molecule has 0 spiro atoms. The highest BCUT2D eigenvalue weighted by molar-refractivity contribution is 6.04. The first-order chi connectivity index (χ1) is 12.1. The Balaban J connectivity index is 1.63. The molecule has 1 aliphatic heterocycles. The van der Waals surface area contributed by atoms with Gasteiger partial charge in [-0.25, -0.2) is 0 Å². The molecule has 0 aliphatic carbocycles. The summed E-state index contributed by atoms with van der Waals surface area (Å²) in [6.45, 7) is 2.96. The molecule has 2 amide bonds. The number of carbonyl (C=O) groups is 2. The van der Waals surface area contributed by atoms with E-state index in [1.54, 1.807) is 18.2 Å². The highest BCUT2D eigenvalue weighted by atomic mass is 16.2. The normalized spacial score (nSPS) is 19.9. The predicted octanol–water partition coefficient (Wildman–Crippen LogP) is 3.27. The average molecular weight is 337 g/mol. The van der Waals surface area contributed by atoms with Gasteiger partial charge < -0.3 is 16.0 Å². The monoisotopic (exact) mass is 337 g/mol. The Morgan fingerprint density at radius 1 is 1.00 bits per heavy atom. The Hall–Kier alpha value is -2.66. The minimum atomic E-state index is -0.170. The average Bonchev–Trinajstić information content (AvgIpc) is 2.63. The van der Waals surface area contributed by atoms with Gasteiger partial charge in [0.15, 0.2) is 0 Å². The third-order valence-corrected chi connectivity index (χ3v) is 4.42. The van der Waals surface area contributed by atoms with Crippen LogP contribution >= 0.6 is 0 Å². The van der Waals surface area contributed by atoms with Crippen LogP contribution in [0, 0.1) is 5.92 Å². The molecule has 130 valence electrons. The molecule has 0 aromatic heterocycles. The third-order valence-electron chi connectivity index (χ3n) is 4.42. The van der Waals surface area contributed by atoms with Gasteiger partial charge in [0, 0.05) is 28.9 Å². The van der Waals surface area contributed by atoms with E-state index in [2.05, 4.69) is 22.9 Å². The lowest BCUT2D eigenvalue weighted by atomic mass is 9.92. The van der Waals surface area contributed by atoms with Gasteiger partial charge >= 0.3 is 0 Å². The zero-order chi connectivity index (χ0) is 17.6. The Morgan fingerprint density at radius 3 is 2.44 bits per heavy atom. The lowest BCUT2D eigenvalue weighted by Crippen LogP contribution is -2.40. The number of rotatable bonds is 4. The van der Waals surface area contributed by atoms with Gasteiger partial charge in [0.05, 0.1) is 0 Å². The number of amides is 2. The predicted molar refractivity (Wildman–Crippen MR) is 99.7 cm³/mol. The standard InChI is InChI=1S/C20H23N3O2/c1-14-12-16(10-11-21-14)20(25)23-18-9-5-8-17(13-18)22-19(24)15-6-3-2-4-7-15/h2-9,13-14,16,21H,10-12H2,1H3,(H,22,24)(H,23,25)/t14-,16-/m0/s1. The molecule has 3 N–H and O–H groups in total. The number of hydrogen-bond acceptors (Lipinski definition) is 3. The van der Waals surface area contributed by atoms with Crippen molar-refractivity contribution in [2.24, 2.45) is 5.92 Å². The van der Waals surface area contributed by atoms with Crippen LogP contribution in [0.5, 0.6) is 0 Å². The van der Waals surface area contributed by atoms with E-state index in [4.69, 9.17) is 0 Å². The van der Waals surface area contributed by atoms with E-state index < -0.39 is 0 Å². The number of piperidine rings is 1. The molecule has 1 aliphatic rings. The number of nitrogens with one attached hydrogen (secondary N) is 3. The van der Waals surface area contributed by atoms with E-state index in [-0.39, 0.29) is 17.7 Å². The van der Waals surface area contributed by atoms with Crippen molar-refractivity contribution in [2.75, 3.05) is 17.2 Å². The van der Waals surface area contributed by atoms with Crippen LogP contribution in [0.15, 0.2) is 54.6 Å². The third kappa shape index (κ3) is 4.67. The first-order valence-corrected chi connectivity index (χ1v) is 8.62. The first-order valence-electron chi connectivity index (χ1n) is 8.62. The number of anilines is 2. The van der Waals surface area contributed by atoms with E-state index >= 15 is 0 Å². The molecule has 0 saturated carbocycles. The molecule has 5 nitrogen and oxygen atoms in total. The molecule has 2 aromatic rings. The Morgan fingerprint density at radius 2 is 1.72 bits per heavy atom. The smallest absolute Gasteiger partial charge is 0.255 e. The molecule has 0 bridgehead atoms. The fourth-order valence-electron chi connectivity index (χ4n) is 3.08. The number of carbonyl (C=O) groups excluding carboxylic acids is 2. The van der Waals surface area contributed by atoms with Gasteiger partial charge in [-0.15, -0.1) is 0 Å². The van der Waals surface area contributed by atoms with Crippen molar-refractivity contribution in [1.29, 1.82) is 0 Å². The van der Waals surface area contributed by atoms with Crippen LogP contribution in [0.2, 0.25) is 0 Å². The van der Waals surface area contributed by atoms with Crippen molar-refractivity contribution in [2.45, 2.75) is 25.8 Å². The van der Waals surface area contributed by atoms with Crippen LogP contribution in [0.4, 0.5) is 11.4 Å². The van der Waals surface area contributed by atoms with Crippen molar-refractivity contribution in [1.82, 2.24) is 5.32 Å². The summed E-state index contributed by atoms with van der Waals surface area (Å²) >= 11 is 0. The van der Waals surface area contributed by atoms with Crippen LogP contribution in [-0.4, -0.2) is 24.4 Å². The summed E-state index contributed by atoms with van der Waals surface area (Å²) in [6.07, 6.45) is 1.69. The summed E-state index contributed by atoms with van der Waals surface area (Å²) in [6, 6.07) is 16.7. The molecule has 2 atom stereocenters. The van der Waals surface area contributed by atoms with Crippen molar-refractivity contribution < 1.29 is 9.59 Å². The lowest BCUT2D eigenvalue weighted by molar-refractivity contribution is -0.120. The second-order valence-electron chi connectivity index (χ2n) is 6.47. The highest BCUT2D eigenvalue weighted by Crippen LogP contribution is 2.21. The zero-order valence-corrected chi connectivity index (χ0v) is 14.3. The molecular weight excluding hydrogens is 314 g/mol. The van der Waals surface area contributed by atoms with E-state index in [9.17, 15) is 9.59 Å². The van der Waals surface area contributed by atoms with Crippen LogP contribution in [0.3, 0.4) is 0 Å². The Bertz CT molecular complexity index is 746. The molecule has 0 radical (unpaired) electrons. The van der Waals surface area contributed by atoms with Gasteiger partial charge in [0.1, 0.15) is 0 Å². The highest BCUT2D eigenvalue weighted by Gasteiger charge is 2.24. The van der Waals surface area contributed by atoms with Crippen molar-refractivity contribution in [3.8, 4) is 0 Å². The zero-order valence-electron chi connectivity index (χ0n) is 14.3. The van der Waals surface area contributed by atoms with Crippen LogP contribution in [-0.2, 0) is 4.79 Å². The van der Waals surface area contributed by atoms with Crippen LogP contribution in [0.1, 0.15) is 30.1 Å². The first kappa shape index (κ1) is 17.2. The second-order valence-corrected chi connectivity index (χ2v) is 6.47. The van der Waals surface area contributed by atoms with E-state index in [1.807, 2.05) is 36.4 Å². The van der Waals surface area contributed by atoms with Crippen molar-refractivity contribution in [3.63, 3.8) is 0 Å². The molecule has 0 unspecified atom stereocenters. The molecular formula is C20H23N3O2. The molecule has 5 heteroatoms. The van der Waals surface area contributed by atoms with Gasteiger partial charge in [0.2, 0.25) is 5.91 Å². The topological polar surface area (TPSA) is 70.2 Å². The summed E-state index contributed by atoms with van der Waals surface area (Å²) in [5.74, 6) is -0.102. The second kappa shape index (κ2) is 7.94. The summed E-state index contributed by atoms with van der Waals surface area (Å²) in [5, 5.41) is 9.18. The van der Waals surface area contributed by atoms with Gasteiger partial charge in [0.25, 0.3) is 5.91 Å². The Kier molecular flexibility index (Phi) is 5.46. The van der Waals surface area contributed by atoms with E-state index in [0.717, 1.165) is 19.4 Å². The summed E-state index contributed by atoms with van der Waals surface area (Å²) < 4.78 is 0. The molecule has 25 heavy (non-hydrogen) atoms. The maximum atomic E-state index is 12.4. The summed E-state index contributed by atoms with van der Waals surface area (Å²) in [4.78, 5) is 24.7. The fourth-order valence-corrected chi connectivity index (χ4v) is 3.08. The largest absolute Gasteiger partial charge is 0.326 e. The summed E-state index contributed by atoms with van der Waals surface area (Å²) in [7, 11) is 0. The maximum absolute atomic E-state index is 12.4. The fraction of sp³-hybridized carbons (Fsp3) is 0.300. The van der Waals surface area contributed by atoms with Crippen LogP contribution < -0.4 is 16.0 Å². The molecule has 2 aromatic carbocycles. The molecule has 1 heterocycles. The van der Waals surface area contributed by atoms with Crippen molar-refractivity contribution in [3.05, 3.63) is 60.2 Å². The minimum Gasteiger partial charge on any atom is -0.326 e. The quantitative estimate of drug-likeness (QED) is 0.802. The van der Waals surface area contributed by atoms with Gasteiger partial charge in [-0.05, 0) is 56.6 Å². The SMILES string of the molecule is C[C@H]1C[C@@H](C(=O)Nc2cccc(NC(=O)c3ccccc3)c2)CCN1.